The van der Waals surface area contributed by atoms with Crippen molar-refractivity contribution in [1.82, 2.24) is 9.62 Å². The minimum absolute atomic E-state index is 0.0561. The third-order valence-electron chi connectivity index (χ3n) is 4.09. The van der Waals surface area contributed by atoms with Crippen molar-refractivity contribution in [1.29, 1.82) is 0 Å². The maximum absolute atomic E-state index is 12.6. The minimum Gasteiger partial charge on any atom is -0.506 e. The first-order valence-corrected chi connectivity index (χ1v) is 10.1. The molecule has 28 heavy (non-hydrogen) atoms. The van der Waals surface area contributed by atoms with E-state index < -0.39 is 27.9 Å². The molecule has 0 aliphatic carbocycles. The third kappa shape index (κ3) is 4.70. The first-order chi connectivity index (χ1) is 13.2. The van der Waals surface area contributed by atoms with Crippen molar-refractivity contribution in [3.05, 3.63) is 42.4 Å². The van der Waals surface area contributed by atoms with Crippen molar-refractivity contribution >= 4 is 27.5 Å². The molecule has 0 spiro atoms. The number of phenols is 1. The number of nitrogens with one attached hydrogen (secondary N) is 2. The van der Waals surface area contributed by atoms with Crippen LogP contribution in [-0.2, 0) is 14.8 Å². The van der Waals surface area contributed by atoms with Crippen LogP contribution in [0.5, 0.6) is 5.75 Å². The zero-order chi connectivity index (χ0) is 20.9. The van der Waals surface area contributed by atoms with Gasteiger partial charge in [0.15, 0.2) is 0 Å². The summed E-state index contributed by atoms with van der Waals surface area (Å²) < 4.78 is 31.3. The van der Waals surface area contributed by atoms with E-state index in [2.05, 4.69) is 10.6 Å². The lowest BCUT2D eigenvalue weighted by atomic mass is 10.2. The van der Waals surface area contributed by atoms with Crippen LogP contribution in [0.1, 0.15) is 31.1 Å². The first-order valence-electron chi connectivity index (χ1n) is 8.67. The van der Waals surface area contributed by atoms with Crippen molar-refractivity contribution in [3.63, 3.8) is 0 Å². The van der Waals surface area contributed by atoms with Gasteiger partial charge >= 0.3 is 0 Å². The maximum Gasteiger partial charge on any atom is 0.255 e. The lowest BCUT2D eigenvalue weighted by Crippen LogP contribution is -2.41. The van der Waals surface area contributed by atoms with Gasteiger partial charge in [-0.15, -0.1) is 0 Å². The molecule has 3 N–H and O–H groups in total. The number of carbonyl (C=O) groups is 2. The van der Waals surface area contributed by atoms with Gasteiger partial charge in [-0.3, -0.25) is 9.59 Å². The first kappa shape index (κ1) is 21.5. The SMILES string of the molecule is CCN(CC)S(=O)(=O)c1ccc(O)c(NC(=O)[C@@H](C)NC(=O)c2ccoc2)c1. The number of hydrogen-bond donors (Lipinski definition) is 3. The van der Waals surface area contributed by atoms with E-state index in [-0.39, 0.29) is 21.9 Å². The molecule has 1 aromatic carbocycles. The van der Waals surface area contributed by atoms with Gasteiger partial charge in [-0.25, -0.2) is 8.42 Å². The molecule has 0 bridgehead atoms. The van der Waals surface area contributed by atoms with Crippen LogP contribution in [0.15, 0.2) is 46.1 Å². The number of aromatic hydroxyl groups is 1. The van der Waals surface area contributed by atoms with E-state index >= 15 is 0 Å². The molecule has 2 rings (SSSR count). The van der Waals surface area contributed by atoms with Gasteiger partial charge in [0.2, 0.25) is 15.9 Å². The number of phenolic OH excluding ortho intramolecular Hbond substituents is 1. The molecule has 2 amide bonds. The molecule has 1 atom stereocenters. The largest absolute Gasteiger partial charge is 0.506 e. The van der Waals surface area contributed by atoms with Crippen LogP contribution in [-0.4, -0.2) is 48.8 Å². The minimum atomic E-state index is -3.75. The molecule has 2 aromatic rings. The molecule has 0 aliphatic heterocycles. The number of sulfonamides is 1. The summed E-state index contributed by atoms with van der Waals surface area (Å²) in [6, 6.07) is 4.16. The molecule has 1 aromatic heterocycles. The Morgan fingerprint density at radius 3 is 2.46 bits per heavy atom. The van der Waals surface area contributed by atoms with E-state index in [1.165, 1.54) is 48.0 Å². The second-order valence-electron chi connectivity index (χ2n) is 5.96. The summed E-state index contributed by atoms with van der Waals surface area (Å²) >= 11 is 0. The third-order valence-corrected chi connectivity index (χ3v) is 6.14. The van der Waals surface area contributed by atoms with E-state index in [1.54, 1.807) is 13.8 Å². The Balaban J connectivity index is 2.17. The van der Waals surface area contributed by atoms with Gasteiger partial charge in [-0.05, 0) is 31.2 Å². The predicted octanol–water partition coefficient (Wildman–Crippen LogP) is 1.77. The topological polar surface area (TPSA) is 129 Å². The molecule has 0 aliphatic rings. The second kappa shape index (κ2) is 8.89. The van der Waals surface area contributed by atoms with Crippen LogP contribution in [0.2, 0.25) is 0 Å². The summed E-state index contributed by atoms with van der Waals surface area (Å²) in [5.74, 6) is -1.41. The Kier molecular flexibility index (Phi) is 6.81. The highest BCUT2D eigenvalue weighted by Gasteiger charge is 2.24. The average molecular weight is 409 g/mol. The molecule has 0 radical (unpaired) electrons. The van der Waals surface area contributed by atoms with Crippen LogP contribution in [0.25, 0.3) is 0 Å². The number of nitrogens with zero attached hydrogens (tertiary/aromatic N) is 1. The molecule has 0 fully saturated rings. The summed E-state index contributed by atoms with van der Waals surface area (Å²) in [5.41, 5.74) is 0.192. The Bertz CT molecular complexity index is 936. The van der Waals surface area contributed by atoms with Crippen molar-refractivity contribution in [2.45, 2.75) is 31.7 Å². The van der Waals surface area contributed by atoms with Gasteiger partial charge in [-0.1, -0.05) is 13.8 Å². The van der Waals surface area contributed by atoms with Crippen LogP contribution < -0.4 is 10.6 Å². The highest BCUT2D eigenvalue weighted by molar-refractivity contribution is 7.89. The second-order valence-corrected chi connectivity index (χ2v) is 7.90. The van der Waals surface area contributed by atoms with E-state index in [1.807, 2.05) is 0 Å². The average Bonchev–Trinajstić information content (AvgIpc) is 3.18. The summed E-state index contributed by atoms with van der Waals surface area (Å²) in [7, 11) is -3.75. The highest BCUT2D eigenvalue weighted by atomic mass is 32.2. The van der Waals surface area contributed by atoms with Gasteiger partial charge < -0.3 is 20.2 Å². The summed E-state index contributed by atoms with van der Waals surface area (Å²) in [6.45, 7) is 5.47. The van der Waals surface area contributed by atoms with Crippen molar-refractivity contribution in [2.75, 3.05) is 18.4 Å². The zero-order valence-corrected chi connectivity index (χ0v) is 16.6. The Morgan fingerprint density at radius 2 is 1.89 bits per heavy atom. The van der Waals surface area contributed by atoms with Crippen LogP contribution in [0.4, 0.5) is 5.69 Å². The number of carbonyl (C=O) groups excluding carboxylic acids is 2. The summed E-state index contributed by atoms with van der Waals surface area (Å²) in [4.78, 5) is 24.3. The van der Waals surface area contributed by atoms with Crippen molar-refractivity contribution in [2.24, 2.45) is 0 Å². The molecule has 10 heteroatoms. The van der Waals surface area contributed by atoms with Gasteiger partial charge in [0.25, 0.3) is 5.91 Å². The molecular formula is C18H23N3O6S. The number of anilines is 1. The quantitative estimate of drug-likeness (QED) is 0.570. The monoisotopic (exact) mass is 409 g/mol. The van der Waals surface area contributed by atoms with Gasteiger partial charge in [-0.2, -0.15) is 4.31 Å². The van der Waals surface area contributed by atoms with E-state index in [0.717, 1.165) is 0 Å². The number of amides is 2. The molecule has 0 saturated heterocycles. The van der Waals surface area contributed by atoms with Crippen molar-refractivity contribution < 1.29 is 27.5 Å². The molecular weight excluding hydrogens is 386 g/mol. The highest BCUT2D eigenvalue weighted by Crippen LogP contribution is 2.28. The van der Waals surface area contributed by atoms with Crippen LogP contribution >= 0.6 is 0 Å². The molecule has 9 nitrogen and oxygen atoms in total. The van der Waals surface area contributed by atoms with E-state index in [4.69, 9.17) is 4.42 Å². The standard InChI is InChI=1S/C18H23N3O6S/c1-4-21(5-2)28(25,26)14-6-7-16(22)15(10-14)20-17(23)12(3)19-18(24)13-8-9-27-11-13/h6-12,22H,4-5H2,1-3H3,(H,19,24)(H,20,23)/t12-/m1/s1. The Morgan fingerprint density at radius 1 is 1.21 bits per heavy atom. The zero-order valence-electron chi connectivity index (χ0n) is 15.8. The smallest absolute Gasteiger partial charge is 0.255 e. The number of hydrogen-bond acceptors (Lipinski definition) is 6. The Labute approximate surface area is 163 Å². The normalized spacial score (nSPS) is 12.6. The number of rotatable bonds is 8. The lowest BCUT2D eigenvalue weighted by molar-refractivity contribution is -0.117. The van der Waals surface area contributed by atoms with E-state index in [9.17, 15) is 23.1 Å². The molecule has 0 unspecified atom stereocenters. The summed E-state index contributed by atoms with van der Waals surface area (Å²) in [5, 5.41) is 14.9. The van der Waals surface area contributed by atoms with Gasteiger partial charge in [0, 0.05) is 13.1 Å². The van der Waals surface area contributed by atoms with Gasteiger partial charge in [0.05, 0.1) is 22.4 Å². The number of benzene rings is 1. The Hall–Kier alpha value is -2.85. The fourth-order valence-corrected chi connectivity index (χ4v) is 3.95. The van der Waals surface area contributed by atoms with E-state index in [0.29, 0.717) is 13.1 Å². The number of furan rings is 1. The summed E-state index contributed by atoms with van der Waals surface area (Å²) in [6.07, 6.45) is 2.58. The fourth-order valence-electron chi connectivity index (χ4n) is 2.47. The molecule has 1 heterocycles. The van der Waals surface area contributed by atoms with Crippen molar-refractivity contribution in [3.8, 4) is 5.75 Å². The molecule has 0 saturated carbocycles. The van der Waals surface area contributed by atoms with Crippen LogP contribution in [0.3, 0.4) is 0 Å². The molecule has 152 valence electrons. The predicted molar refractivity (Wildman–Crippen MR) is 102 cm³/mol. The fraction of sp³-hybridized carbons (Fsp3) is 0.333. The van der Waals surface area contributed by atoms with Crippen LogP contribution in [0, 0.1) is 0 Å². The lowest BCUT2D eigenvalue weighted by Gasteiger charge is -2.19. The van der Waals surface area contributed by atoms with Gasteiger partial charge in [0.1, 0.15) is 18.1 Å². The maximum atomic E-state index is 12.6.